The molecule has 0 saturated carbocycles. The normalized spacial score (nSPS) is 15.0. The molecule has 172 valence electrons. The van der Waals surface area contributed by atoms with Gasteiger partial charge in [-0.2, -0.15) is 13.2 Å². The number of likely N-dealkylation sites (tertiary alicyclic amines) is 1. The number of fused-ring (bicyclic) bond motifs is 1. The summed E-state index contributed by atoms with van der Waals surface area (Å²) in [7, 11) is 0. The number of pyridine rings is 1. The summed E-state index contributed by atoms with van der Waals surface area (Å²) in [6.45, 7) is 0.523. The molecule has 1 aromatic heterocycles. The van der Waals surface area contributed by atoms with Crippen LogP contribution in [0.2, 0.25) is 0 Å². The van der Waals surface area contributed by atoms with Gasteiger partial charge in [-0.05, 0) is 66.8 Å². The fourth-order valence-electron chi connectivity index (χ4n) is 4.04. The lowest BCUT2D eigenvalue weighted by atomic mass is 9.87. The van der Waals surface area contributed by atoms with Gasteiger partial charge in [0.1, 0.15) is 11.6 Å². The van der Waals surface area contributed by atoms with E-state index in [2.05, 4.69) is 10.3 Å². The highest BCUT2D eigenvalue weighted by Crippen LogP contribution is 2.34. The summed E-state index contributed by atoms with van der Waals surface area (Å²) in [4.78, 5) is 30.3. The minimum atomic E-state index is -4.86. The predicted octanol–water partition coefficient (Wildman–Crippen LogP) is 4.88. The Morgan fingerprint density at radius 3 is 2.39 bits per heavy atom. The molecule has 0 atom stereocenters. The third kappa shape index (κ3) is 4.79. The molecule has 1 fully saturated rings. The highest BCUT2D eigenvalue weighted by atomic mass is 19.4. The molecule has 2 aromatic carbocycles. The third-order valence-corrected chi connectivity index (χ3v) is 5.69. The van der Waals surface area contributed by atoms with Gasteiger partial charge in [0.15, 0.2) is 0 Å². The Morgan fingerprint density at radius 2 is 1.73 bits per heavy atom. The topological polar surface area (TPSA) is 62.3 Å². The number of carbonyl (C=O) groups is 2. The third-order valence-electron chi connectivity index (χ3n) is 5.69. The minimum absolute atomic E-state index is 0.0356. The van der Waals surface area contributed by atoms with Gasteiger partial charge in [0.25, 0.3) is 0 Å². The van der Waals surface area contributed by atoms with Gasteiger partial charge < -0.3 is 10.2 Å². The lowest BCUT2D eigenvalue weighted by molar-refractivity contribution is -0.143. The molecule has 2 heterocycles. The van der Waals surface area contributed by atoms with E-state index in [4.69, 9.17) is 0 Å². The number of hydrogen-bond acceptors (Lipinski definition) is 3. The van der Waals surface area contributed by atoms with E-state index in [-0.39, 0.29) is 30.5 Å². The molecule has 0 unspecified atom stereocenters. The van der Waals surface area contributed by atoms with Crippen LogP contribution in [0, 0.1) is 11.6 Å². The van der Waals surface area contributed by atoms with Crippen LogP contribution < -0.4 is 5.32 Å². The van der Waals surface area contributed by atoms with Crippen LogP contribution in [0.3, 0.4) is 0 Å². The van der Waals surface area contributed by atoms with Crippen molar-refractivity contribution in [3.05, 3.63) is 71.4 Å². The molecular weight excluding hydrogens is 445 g/mol. The van der Waals surface area contributed by atoms with E-state index < -0.39 is 29.4 Å². The highest BCUT2D eigenvalue weighted by molar-refractivity contribution is 6.39. The zero-order chi connectivity index (χ0) is 23.8. The van der Waals surface area contributed by atoms with Gasteiger partial charge in [-0.15, -0.1) is 0 Å². The summed E-state index contributed by atoms with van der Waals surface area (Å²) >= 11 is 0. The van der Waals surface area contributed by atoms with Crippen molar-refractivity contribution in [2.45, 2.75) is 24.9 Å². The van der Waals surface area contributed by atoms with Gasteiger partial charge in [0.05, 0.1) is 11.1 Å². The van der Waals surface area contributed by atoms with Crippen LogP contribution in [0.25, 0.3) is 10.9 Å². The molecule has 4 rings (SSSR count). The number of nitrogens with zero attached hydrogens (tertiary/aromatic N) is 2. The molecule has 3 aromatic rings. The van der Waals surface area contributed by atoms with E-state index in [1.165, 1.54) is 17.0 Å². The van der Waals surface area contributed by atoms with Gasteiger partial charge in [-0.3, -0.25) is 14.6 Å². The quantitative estimate of drug-likeness (QED) is 0.436. The maximum atomic E-state index is 13.7. The molecular formula is C23H18F5N3O2. The molecule has 33 heavy (non-hydrogen) atoms. The van der Waals surface area contributed by atoms with Crippen LogP contribution >= 0.6 is 0 Å². The molecule has 1 saturated heterocycles. The number of piperidine rings is 1. The summed E-state index contributed by atoms with van der Waals surface area (Å²) in [5, 5.41) is 2.84. The van der Waals surface area contributed by atoms with Crippen LogP contribution in [0.4, 0.5) is 27.6 Å². The zero-order valence-corrected chi connectivity index (χ0v) is 17.1. The Kier molecular flexibility index (Phi) is 6.01. The first-order valence-electron chi connectivity index (χ1n) is 10.1. The van der Waals surface area contributed by atoms with Crippen molar-refractivity contribution in [2.75, 3.05) is 18.4 Å². The monoisotopic (exact) mass is 463 g/mol. The number of benzene rings is 2. The molecule has 1 N–H and O–H groups in total. The van der Waals surface area contributed by atoms with E-state index in [1.807, 2.05) is 6.07 Å². The number of carbonyl (C=O) groups excluding carboxylic acids is 2. The number of alkyl halides is 3. The van der Waals surface area contributed by atoms with E-state index in [9.17, 15) is 31.5 Å². The molecule has 0 radical (unpaired) electrons. The Balaban J connectivity index is 1.40. The van der Waals surface area contributed by atoms with Crippen molar-refractivity contribution in [1.82, 2.24) is 9.88 Å². The fraction of sp³-hybridized carbons (Fsp3) is 0.261. The van der Waals surface area contributed by atoms with Crippen LogP contribution in [0.5, 0.6) is 0 Å². The van der Waals surface area contributed by atoms with Gasteiger partial charge in [0.2, 0.25) is 0 Å². The molecule has 0 bridgehead atoms. The number of amides is 2. The zero-order valence-electron chi connectivity index (χ0n) is 17.1. The maximum Gasteiger partial charge on any atom is 0.419 e. The number of hydrogen-bond donors (Lipinski definition) is 1. The number of rotatable bonds is 2. The van der Waals surface area contributed by atoms with Crippen molar-refractivity contribution in [2.24, 2.45) is 0 Å². The van der Waals surface area contributed by atoms with Gasteiger partial charge in [-0.1, -0.05) is 0 Å². The van der Waals surface area contributed by atoms with Gasteiger partial charge in [0, 0.05) is 30.4 Å². The predicted molar refractivity (Wildman–Crippen MR) is 110 cm³/mol. The second kappa shape index (κ2) is 8.76. The first kappa shape index (κ1) is 22.6. The second-order valence-electron chi connectivity index (χ2n) is 7.77. The number of anilines is 1. The fourth-order valence-corrected chi connectivity index (χ4v) is 4.04. The Morgan fingerprint density at radius 1 is 1.00 bits per heavy atom. The summed E-state index contributed by atoms with van der Waals surface area (Å²) in [6.07, 6.45) is -2.16. The summed E-state index contributed by atoms with van der Waals surface area (Å²) in [5.74, 6) is -3.81. The summed E-state index contributed by atoms with van der Waals surface area (Å²) < 4.78 is 65.4. The van der Waals surface area contributed by atoms with Crippen molar-refractivity contribution in [3.63, 3.8) is 0 Å². The average molecular weight is 463 g/mol. The number of aromatic nitrogens is 1. The first-order chi connectivity index (χ1) is 15.6. The highest BCUT2D eigenvalue weighted by Gasteiger charge is 2.34. The number of nitrogens with one attached hydrogen (secondary N) is 1. The molecule has 0 spiro atoms. The van der Waals surface area contributed by atoms with Crippen LogP contribution in [-0.4, -0.2) is 34.8 Å². The second-order valence-corrected chi connectivity index (χ2v) is 7.77. The molecule has 0 aliphatic carbocycles. The lowest BCUT2D eigenvalue weighted by Gasteiger charge is -2.32. The Hall–Kier alpha value is -3.56. The van der Waals surface area contributed by atoms with E-state index in [0.29, 0.717) is 35.9 Å². The summed E-state index contributed by atoms with van der Waals surface area (Å²) in [5.41, 5.74) is -0.136. The molecule has 1 aliphatic rings. The van der Waals surface area contributed by atoms with Crippen molar-refractivity contribution in [1.29, 1.82) is 0 Å². The minimum Gasteiger partial charge on any atom is -0.334 e. The first-order valence-corrected chi connectivity index (χ1v) is 10.1. The molecule has 5 nitrogen and oxygen atoms in total. The van der Waals surface area contributed by atoms with Crippen molar-refractivity contribution in [3.8, 4) is 0 Å². The Bertz CT molecular complexity index is 1220. The van der Waals surface area contributed by atoms with Crippen molar-refractivity contribution < 1.29 is 31.5 Å². The molecule has 10 heteroatoms. The van der Waals surface area contributed by atoms with E-state index in [0.717, 1.165) is 11.6 Å². The molecule has 2 amide bonds. The summed E-state index contributed by atoms with van der Waals surface area (Å²) in [6, 6.07) is 8.08. The molecule has 1 aliphatic heterocycles. The number of halogens is 5. The van der Waals surface area contributed by atoms with Crippen LogP contribution in [0.15, 0.2) is 48.7 Å². The van der Waals surface area contributed by atoms with E-state index in [1.54, 1.807) is 12.3 Å². The van der Waals surface area contributed by atoms with Crippen molar-refractivity contribution >= 4 is 28.4 Å². The van der Waals surface area contributed by atoms with Crippen LogP contribution in [0.1, 0.15) is 29.9 Å². The Labute approximate surface area is 185 Å². The van der Waals surface area contributed by atoms with Crippen LogP contribution in [-0.2, 0) is 15.8 Å². The van der Waals surface area contributed by atoms with Gasteiger partial charge in [-0.25, -0.2) is 8.78 Å². The lowest BCUT2D eigenvalue weighted by Crippen LogP contribution is -2.43. The SMILES string of the molecule is O=C(Nc1ccc(C(F)(F)F)c(F)c1)C(=O)N1CCC(c2ccnc3ccc(F)cc23)CC1. The largest absolute Gasteiger partial charge is 0.419 e. The standard InChI is InChI=1S/C23H18F5N3O2/c24-14-1-4-20-17(11-14)16(5-8-29-20)13-6-9-31(10-7-13)22(33)21(32)30-15-2-3-18(19(25)12-15)23(26,27)28/h1-5,8,11-13H,6-7,9-10H2,(H,30,32). The smallest absolute Gasteiger partial charge is 0.334 e. The maximum absolute atomic E-state index is 13.7. The average Bonchev–Trinajstić information content (AvgIpc) is 2.77. The van der Waals surface area contributed by atoms with E-state index >= 15 is 0 Å². The van der Waals surface area contributed by atoms with Gasteiger partial charge >= 0.3 is 18.0 Å².